The van der Waals surface area contributed by atoms with E-state index in [1.807, 2.05) is 17.8 Å². The number of fused-ring (bicyclic) bond motifs is 1. The molecule has 1 aliphatic rings. The zero-order valence-electron chi connectivity index (χ0n) is 10.9. The molecule has 1 atom stereocenters. The van der Waals surface area contributed by atoms with Gasteiger partial charge >= 0.3 is 0 Å². The van der Waals surface area contributed by atoms with Gasteiger partial charge in [-0.15, -0.1) is 11.8 Å². The Bertz CT molecular complexity index is 728. The Kier molecular flexibility index (Phi) is 2.90. The third-order valence-corrected chi connectivity index (χ3v) is 6.25. The van der Waals surface area contributed by atoms with Crippen molar-refractivity contribution in [1.29, 1.82) is 0 Å². The molecule has 1 aromatic heterocycles. The summed E-state index contributed by atoms with van der Waals surface area (Å²) in [6, 6.07) is 5.25. The van der Waals surface area contributed by atoms with Crippen LogP contribution in [0.25, 0.3) is 11.0 Å². The van der Waals surface area contributed by atoms with Gasteiger partial charge in [-0.1, -0.05) is 6.07 Å². The highest BCUT2D eigenvalue weighted by Crippen LogP contribution is 2.45. The van der Waals surface area contributed by atoms with Gasteiger partial charge < -0.3 is 4.98 Å². The number of nitrogens with zero attached hydrogens (tertiary/aromatic N) is 1. The van der Waals surface area contributed by atoms with Gasteiger partial charge in [0.25, 0.3) is 0 Å². The number of aromatic nitrogens is 2. The van der Waals surface area contributed by atoms with Crippen LogP contribution in [0.2, 0.25) is 0 Å². The largest absolute Gasteiger partial charge is 0.341 e. The summed E-state index contributed by atoms with van der Waals surface area (Å²) in [5.41, 5.74) is 1.36. The molecule has 6 heteroatoms. The lowest BCUT2D eigenvalue weighted by atomic mass is 10.1. The molecule has 1 unspecified atom stereocenters. The van der Waals surface area contributed by atoms with Crippen molar-refractivity contribution in [2.45, 2.75) is 29.4 Å². The van der Waals surface area contributed by atoms with Gasteiger partial charge in [0, 0.05) is 6.26 Å². The molecular weight excluding hydrogens is 280 g/mol. The average molecular weight is 296 g/mol. The minimum absolute atomic E-state index is 0.0200. The zero-order chi connectivity index (χ0) is 13.7. The summed E-state index contributed by atoms with van der Waals surface area (Å²) in [4.78, 5) is 8.18. The van der Waals surface area contributed by atoms with Crippen molar-refractivity contribution >= 4 is 32.6 Å². The van der Waals surface area contributed by atoms with Crippen molar-refractivity contribution in [2.24, 2.45) is 0 Å². The predicted molar refractivity (Wildman–Crippen MR) is 78.2 cm³/mol. The number of para-hydroxylation sites is 1. The molecule has 1 fully saturated rings. The topological polar surface area (TPSA) is 62.8 Å². The number of nitrogens with one attached hydrogen (secondary N) is 1. The Morgan fingerprint density at radius 2 is 2.21 bits per heavy atom. The molecule has 3 rings (SSSR count). The molecule has 4 nitrogen and oxygen atoms in total. The number of benzene rings is 1. The number of imidazole rings is 1. The monoisotopic (exact) mass is 296 g/mol. The number of aromatic amines is 1. The third kappa shape index (κ3) is 2.17. The molecule has 0 aliphatic carbocycles. The lowest BCUT2D eigenvalue weighted by molar-refractivity contribution is 0.602. The molecule has 2 aromatic rings. The summed E-state index contributed by atoms with van der Waals surface area (Å²) < 4.78 is 23.6. The van der Waals surface area contributed by atoms with E-state index in [1.54, 1.807) is 12.1 Å². The second-order valence-electron chi connectivity index (χ2n) is 5.19. The molecule has 0 bridgehead atoms. The first kappa shape index (κ1) is 13.0. The zero-order valence-corrected chi connectivity index (χ0v) is 12.6. The van der Waals surface area contributed by atoms with Gasteiger partial charge in [-0.3, -0.25) is 0 Å². The summed E-state index contributed by atoms with van der Waals surface area (Å²) >= 11 is 1.88. The Labute approximate surface area is 116 Å². The number of sulfone groups is 1. The highest BCUT2D eigenvalue weighted by molar-refractivity contribution is 8.00. The van der Waals surface area contributed by atoms with E-state index >= 15 is 0 Å². The lowest BCUT2D eigenvalue weighted by Gasteiger charge is -2.19. The van der Waals surface area contributed by atoms with E-state index in [9.17, 15) is 8.42 Å². The molecule has 1 N–H and O–H groups in total. The van der Waals surface area contributed by atoms with Gasteiger partial charge in [-0.2, -0.15) is 0 Å². The summed E-state index contributed by atoms with van der Waals surface area (Å²) in [5.74, 6) is 2.02. The maximum Gasteiger partial charge on any atom is 0.177 e. The van der Waals surface area contributed by atoms with E-state index in [2.05, 4.69) is 16.9 Å². The predicted octanol–water partition coefficient (Wildman–Crippen LogP) is 2.71. The molecule has 0 radical (unpaired) electrons. The summed E-state index contributed by atoms with van der Waals surface area (Å²) in [6.45, 7) is 2.17. The Morgan fingerprint density at radius 1 is 1.42 bits per heavy atom. The standard InChI is InChI=1S/C13H16N2O2S2/c1-13(7-4-8-18-13)12-14-9-5-3-6-10(11(9)15-12)19(2,16)17/h3,5-6H,4,7-8H2,1-2H3,(H,14,15). The van der Waals surface area contributed by atoms with E-state index in [0.717, 1.165) is 23.5 Å². The summed E-state index contributed by atoms with van der Waals surface area (Å²) in [6.07, 6.45) is 3.48. The molecule has 2 heterocycles. The van der Waals surface area contributed by atoms with E-state index in [1.165, 1.54) is 12.7 Å². The van der Waals surface area contributed by atoms with Crippen LogP contribution in [0.5, 0.6) is 0 Å². The van der Waals surface area contributed by atoms with Crippen molar-refractivity contribution in [3.8, 4) is 0 Å². The van der Waals surface area contributed by atoms with Crippen LogP contribution in [0.4, 0.5) is 0 Å². The quantitative estimate of drug-likeness (QED) is 0.925. The first-order valence-corrected chi connectivity index (χ1v) is 9.11. The number of thioether (sulfide) groups is 1. The van der Waals surface area contributed by atoms with Crippen LogP contribution in [0, 0.1) is 0 Å². The van der Waals surface area contributed by atoms with Crippen LogP contribution in [-0.4, -0.2) is 30.4 Å². The van der Waals surface area contributed by atoms with Gasteiger partial charge in [0.1, 0.15) is 11.3 Å². The summed E-state index contributed by atoms with van der Waals surface area (Å²) in [7, 11) is -3.25. The molecule has 1 aromatic carbocycles. The van der Waals surface area contributed by atoms with Crippen LogP contribution in [0.15, 0.2) is 23.1 Å². The van der Waals surface area contributed by atoms with Crippen molar-refractivity contribution in [1.82, 2.24) is 9.97 Å². The highest BCUT2D eigenvalue weighted by Gasteiger charge is 2.34. The fraction of sp³-hybridized carbons (Fsp3) is 0.462. The summed E-state index contributed by atoms with van der Waals surface area (Å²) in [5, 5.41) is 0. The van der Waals surface area contributed by atoms with E-state index < -0.39 is 9.84 Å². The van der Waals surface area contributed by atoms with Gasteiger partial charge in [-0.05, 0) is 37.7 Å². The van der Waals surface area contributed by atoms with E-state index in [-0.39, 0.29) is 4.75 Å². The number of hydrogen-bond donors (Lipinski definition) is 1. The molecular formula is C13H16N2O2S2. The Balaban J connectivity index is 2.21. The lowest BCUT2D eigenvalue weighted by Crippen LogP contribution is -2.14. The third-order valence-electron chi connectivity index (χ3n) is 3.59. The Morgan fingerprint density at radius 3 is 2.84 bits per heavy atom. The maximum absolute atomic E-state index is 11.8. The van der Waals surface area contributed by atoms with Crippen LogP contribution in [0.3, 0.4) is 0 Å². The smallest absolute Gasteiger partial charge is 0.177 e. The molecule has 1 saturated heterocycles. The van der Waals surface area contributed by atoms with Crippen molar-refractivity contribution in [3.63, 3.8) is 0 Å². The van der Waals surface area contributed by atoms with Gasteiger partial charge in [0.05, 0.1) is 15.2 Å². The van der Waals surface area contributed by atoms with Gasteiger partial charge in [0.2, 0.25) is 0 Å². The number of H-pyrrole nitrogens is 1. The molecule has 0 spiro atoms. The minimum Gasteiger partial charge on any atom is -0.341 e. The fourth-order valence-electron chi connectivity index (χ4n) is 2.52. The van der Waals surface area contributed by atoms with Gasteiger partial charge in [0.15, 0.2) is 9.84 Å². The van der Waals surface area contributed by atoms with Gasteiger partial charge in [-0.25, -0.2) is 13.4 Å². The van der Waals surface area contributed by atoms with Crippen molar-refractivity contribution in [3.05, 3.63) is 24.0 Å². The van der Waals surface area contributed by atoms with Crippen LogP contribution in [0.1, 0.15) is 25.6 Å². The van der Waals surface area contributed by atoms with Crippen LogP contribution in [-0.2, 0) is 14.6 Å². The van der Waals surface area contributed by atoms with E-state index in [4.69, 9.17) is 0 Å². The van der Waals surface area contributed by atoms with Crippen LogP contribution < -0.4 is 0 Å². The average Bonchev–Trinajstić information content (AvgIpc) is 2.93. The first-order valence-electron chi connectivity index (χ1n) is 6.23. The first-order chi connectivity index (χ1) is 8.90. The van der Waals surface area contributed by atoms with Crippen LogP contribution >= 0.6 is 11.8 Å². The van der Waals surface area contributed by atoms with Crippen molar-refractivity contribution < 1.29 is 8.42 Å². The minimum atomic E-state index is -3.25. The molecule has 19 heavy (non-hydrogen) atoms. The molecule has 0 amide bonds. The maximum atomic E-state index is 11.8. The molecule has 1 aliphatic heterocycles. The fourth-order valence-corrected chi connectivity index (χ4v) is 4.62. The highest BCUT2D eigenvalue weighted by atomic mass is 32.2. The number of rotatable bonds is 2. The number of hydrogen-bond acceptors (Lipinski definition) is 4. The Hall–Kier alpha value is -1.01. The molecule has 0 saturated carbocycles. The second-order valence-corrected chi connectivity index (χ2v) is 8.77. The molecule has 102 valence electrons. The SMILES string of the molecule is CC1(c2nc3c(S(C)(=O)=O)cccc3[nH]2)CCCS1. The van der Waals surface area contributed by atoms with Crippen molar-refractivity contribution in [2.75, 3.05) is 12.0 Å². The second kappa shape index (κ2) is 4.24. The normalized spacial score (nSPS) is 24.1. The van der Waals surface area contributed by atoms with E-state index in [0.29, 0.717) is 10.4 Å².